The topological polar surface area (TPSA) is 32.6 Å². The third-order valence-corrected chi connectivity index (χ3v) is 3.43. The average molecular weight is 240 g/mol. The summed E-state index contributed by atoms with van der Waals surface area (Å²) < 4.78 is 1.13. The van der Waals surface area contributed by atoms with Crippen LogP contribution < -0.4 is 0 Å². The van der Waals surface area contributed by atoms with E-state index in [0.29, 0.717) is 0 Å². The molecular weight excluding hydrogens is 230 g/mol. The van der Waals surface area contributed by atoms with Gasteiger partial charge in [0.2, 0.25) is 0 Å². The number of hydrogen-bond acceptors (Lipinski definition) is 2. The maximum absolute atomic E-state index is 8.75. The highest BCUT2D eigenvalue weighted by atomic mass is 79.9. The largest absolute Gasteiger partial charge is 0.411 e. The minimum Gasteiger partial charge on any atom is -0.411 e. The van der Waals surface area contributed by atoms with E-state index in [1.165, 1.54) is 11.1 Å². The highest BCUT2D eigenvalue weighted by molar-refractivity contribution is 9.10. The molecule has 13 heavy (non-hydrogen) atoms. The predicted octanol–water partition coefficient (Wildman–Crippen LogP) is 2.88. The van der Waals surface area contributed by atoms with Gasteiger partial charge in [-0.1, -0.05) is 27.2 Å². The number of oxime groups is 1. The van der Waals surface area contributed by atoms with Gasteiger partial charge in [0.25, 0.3) is 0 Å². The van der Waals surface area contributed by atoms with Gasteiger partial charge in [0.05, 0.1) is 5.71 Å². The van der Waals surface area contributed by atoms with Gasteiger partial charge in [0, 0.05) is 10.0 Å². The second-order valence-electron chi connectivity index (χ2n) is 3.25. The zero-order valence-corrected chi connectivity index (χ0v) is 8.93. The Morgan fingerprint density at radius 1 is 1.38 bits per heavy atom. The molecule has 1 aromatic rings. The molecule has 0 fully saturated rings. The number of fused-ring (bicyclic) bond motifs is 1. The molecule has 2 rings (SSSR count). The monoisotopic (exact) mass is 239 g/mol. The smallest absolute Gasteiger partial charge is 0.0873 e. The van der Waals surface area contributed by atoms with Crippen LogP contribution in [0.25, 0.3) is 0 Å². The predicted molar refractivity (Wildman–Crippen MR) is 55.5 cm³/mol. The molecule has 2 nitrogen and oxygen atoms in total. The van der Waals surface area contributed by atoms with Crippen molar-refractivity contribution in [3.63, 3.8) is 0 Å². The molecule has 68 valence electrons. The van der Waals surface area contributed by atoms with E-state index in [2.05, 4.69) is 28.0 Å². The van der Waals surface area contributed by atoms with Crippen molar-refractivity contribution in [2.45, 2.75) is 19.8 Å². The molecule has 1 N–H and O–H groups in total. The lowest BCUT2D eigenvalue weighted by atomic mass is 10.0. The van der Waals surface area contributed by atoms with E-state index in [1.54, 1.807) is 0 Å². The molecule has 0 bridgehead atoms. The summed E-state index contributed by atoms with van der Waals surface area (Å²) in [5.74, 6) is 0. The molecule has 0 saturated heterocycles. The molecule has 1 aliphatic rings. The Kier molecular flexibility index (Phi) is 2.12. The second-order valence-corrected chi connectivity index (χ2v) is 4.10. The van der Waals surface area contributed by atoms with Crippen molar-refractivity contribution < 1.29 is 5.21 Å². The summed E-state index contributed by atoms with van der Waals surface area (Å²) in [7, 11) is 0. The SMILES string of the molecule is Cc1c(Br)ccc2c1CC/C2=N\O. The summed E-state index contributed by atoms with van der Waals surface area (Å²) in [6.45, 7) is 2.09. The molecule has 0 unspecified atom stereocenters. The summed E-state index contributed by atoms with van der Waals surface area (Å²) in [6.07, 6.45) is 1.84. The van der Waals surface area contributed by atoms with E-state index >= 15 is 0 Å². The quantitative estimate of drug-likeness (QED) is 0.548. The van der Waals surface area contributed by atoms with Gasteiger partial charge >= 0.3 is 0 Å². The molecule has 1 aliphatic carbocycles. The maximum Gasteiger partial charge on any atom is 0.0873 e. The lowest BCUT2D eigenvalue weighted by Crippen LogP contribution is -1.94. The van der Waals surface area contributed by atoms with Crippen LogP contribution in [0.4, 0.5) is 0 Å². The van der Waals surface area contributed by atoms with Crippen molar-refractivity contribution in [3.8, 4) is 0 Å². The van der Waals surface area contributed by atoms with Gasteiger partial charge < -0.3 is 5.21 Å². The van der Waals surface area contributed by atoms with Crippen LogP contribution in [0, 0.1) is 6.92 Å². The Morgan fingerprint density at radius 3 is 2.85 bits per heavy atom. The highest BCUT2D eigenvalue weighted by Gasteiger charge is 2.20. The fraction of sp³-hybridized carbons (Fsp3) is 0.300. The Labute approximate surface area is 85.4 Å². The molecule has 0 aromatic heterocycles. The molecule has 0 radical (unpaired) electrons. The third kappa shape index (κ3) is 1.27. The first-order chi connectivity index (χ1) is 6.24. The third-order valence-electron chi connectivity index (χ3n) is 2.58. The van der Waals surface area contributed by atoms with Crippen LogP contribution in [0.2, 0.25) is 0 Å². The van der Waals surface area contributed by atoms with Crippen molar-refractivity contribution in [2.24, 2.45) is 5.16 Å². The van der Waals surface area contributed by atoms with Gasteiger partial charge in [-0.05, 0) is 37.0 Å². The van der Waals surface area contributed by atoms with Gasteiger partial charge in [-0.25, -0.2) is 0 Å². The van der Waals surface area contributed by atoms with Crippen molar-refractivity contribution >= 4 is 21.6 Å². The second kappa shape index (κ2) is 3.14. The number of nitrogens with zero attached hydrogens (tertiary/aromatic N) is 1. The fourth-order valence-electron chi connectivity index (χ4n) is 1.80. The first-order valence-electron chi connectivity index (χ1n) is 4.23. The van der Waals surface area contributed by atoms with Crippen LogP contribution in [0.15, 0.2) is 21.8 Å². The summed E-state index contributed by atoms with van der Waals surface area (Å²) in [5.41, 5.74) is 4.48. The first kappa shape index (κ1) is 8.75. The van der Waals surface area contributed by atoms with Crippen LogP contribution in [0.1, 0.15) is 23.1 Å². The van der Waals surface area contributed by atoms with Crippen molar-refractivity contribution in [2.75, 3.05) is 0 Å². The summed E-state index contributed by atoms with van der Waals surface area (Å²) in [6, 6.07) is 4.01. The maximum atomic E-state index is 8.75. The molecule has 1 aromatic carbocycles. The van der Waals surface area contributed by atoms with Crippen molar-refractivity contribution in [1.82, 2.24) is 0 Å². The number of benzene rings is 1. The van der Waals surface area contributed by atoms with E-state index in [0.717, 1.165) is 28.6 Å². The Balaban J connectivity index is 2.64. The fourth-order valence-corrected chi connectivity index (χ4v) is 2.17. The van der Waals surface area contributed by atoms with Gasteiger partial charge in [0.15, 0.2) is 0 Å². The van der Waals surface area contributed by atoms with E-state index in [9.17, 15) is 0 Å². The van der Waals surface area contributed by atoms with Crippen LogP contribution in [-0.2, 0) is 6.42 Å². The number of rotatable bonds is 0. The van der Waals surface area contributed by atoms with Gasteiger partial charge in [-0.15, -0.1) is 0 Å². The number of hydrogen-bond donors (Lipinski definition) is 1. The van der Waals surface area contributed by atoms with Crippen LogP contribution >= 0.6 is 15.9 Å². The van der Waals surface area contributed by atoms with Crippen molar-refractivity contribution in [1.29, 1.82) is 0 Å². The zero-order valence-electron chi connectivity index (χ0n) is 7.34. The number of halogens is 1. The van der Waals surface area contributed by atoms with E-state index < -0.39 is 0 Å². The minimum absolute atomic E-state index is 0.811. The van der Waals surface area contributed by atoms with E-state index in [1.807, 2.05) is 12.1 Å². The summed E-state index contributed by atoms with van der Waals surface area (Å²) in [4.78, 5) is 0. The molecular formula is C10H10BrNO. The molecule has 0 spiro atoms. The Bertz CT molecular complexity index is 385. The van der Waals surface area contributed by atoms with Crippen molar-refractivity contribution in [3.05, 3.63) is 33.3 Å². The molecule has 0 saturated carbocycles. The van der Waals surface area contributed by atoms with Crippen LogP contribution in [0.3, 0.4) is 0 Å². The lowest BCUT2D eigenvalue weighted by molar-refractivity contribution is 0.318. The van der Waals surface area contributed by atoms with Crippen LogP contribution in [-0.4, -0.2) is 10.9 Å². The first-order valence-corrected chi connectivity index (χ1v) is 5.02. The van der Waals surface area contributed by atoms with E-state index in [-0.39, 0.29) is 0 Å². The zero-order chi connectivity index (χ0) is 9.42. The Morgan fingerprint density at radius 2 is 2.15 bits per heavy atom. The van der Waals surface area contributed by atoms with Gasteiger partial charge in [0.1, 0.15) is 0 Å². The lowest BCUT2D eigenvalue weighted by Gasteiger charge is -2.04. The molecule has 0 aliphatic heterocycles. The van der Waals surface area contributed by atoms with Gasteiger partial charge in [-0.3, -0.25) is 0 Å². The summed E-state index contributed by atoms with van der Waals surface area (Å²) >= 11 is 3.49. The standard InChI is InChI=1S/C10H10BrNO/c1-6-7-3-5-10(12-13)8(7)2-4-9(6)11/h2,4,13H,3,5H2,1H3/b12-10+. The van der Waals surface area contributed by atoms with Crippen LogP contribution in [0.5, 0.6) is 0 Å². The minimum atomic E-state index is 0.811. The summed E-state index contributed by atoms with van der Waals surface area (Å²) in [5, 5.41) is 12.1. The molecule has 0 heterocycles. The normalized spacial score (nSPS) is 17.8. The highest BCUT2D eigenvalue weighted by Crippen LogP contribution is 2.30. The molecule has 3 heteroatoms. The van der Waals surface area contributed by atoms with Gasteiger partial charge in [-0.2, -0.15) is 0 Å². The average Bonchev–Trinajstić information content (AvgIpc) is 2.55. The Hall–Kier alpha value is -0.830. The van der Waals surface area contributed by atoms with E-state index in [4.69, 9.17) is 5.21 Å². The molecule has 0 atom stereocenters. The molecule has 0 amide bonds.